The molecule has 0 heteroatoms. The predicted molar refractivity (Wildman–Crippen MR) is 104 cm³/mol. The molecule has 0 radical (unpaired) electrons. The summed E-state index contributed by atoms with van der Waals surface area (Å²) >= 11 is 0. The number of hydrogen-bond acceptors (Lipinski definition) is 0. The van der Waals surface area contributed by atoms with E-state index in [1.807, 2.05) is 0 Å². The van der Waals surface area contributed by atoms with Crippen LogP contribution in [0.2, 0.25) is 0 Å². The molecule has 0 nitrogen and oxygen atoms in total. The lowest BCUT2D eigenvalue weighted by atomic mass is 9.97. The highest BCUT2D eigenvalue weighted by molar-refractivity contribution is 5.90. The van der Waals surface area contributed by atoms with Crippen molar-refractivity contribution in [1.82, 2.24) is 0 Å². The highest BCUT2D eigenvalue weighted by atomic mass is 14.1. The zero-order valence-corrected chi connectivity index (χ0v) is 14.1. The Bertz CT molecular complexity index is 1010. The van der Waals surface area contributed by atoms with Crippen molar-refractivity contribution in [1.29, 1.82) is 0 Å². The summed E-state index contributed by atoms with van der Waals surface area (Å²) in [5.74, 6) is 0. The molecule has 0 N–H and O–H groups in total. The molecule has 0 amide bonds. The van der Waals surface area contributed by atoms with E-state index in [1.54, 1.807) is 0 Å². The van der Waals surface area contributed by atoms with E-state index in [2.05, 4.69) is 98.8 Å². The lowest BCUT2D eigenvalue weighted by Gasteiger charge is -2.08. The Balaban J connectivity index is 1.77. The molecule has 116 valence electrons. The molecule has 4 aromatic rings. The molecule has 0 aromatic heterocycles. The quantitative estimate of drug-likeness (QED) is 0.382. The first kappa shape index (κ1) is 14.7. The van der Waals surface area contributed by atoms with E-state index in [1.165, 1.54) is 44.2 Å². The minimum atomic E-state index is 1.27. The average Bonchev–Trinajstić information content (AvgIpc) is 2.61. The summed E-state index contributed by atoms with van der Waals surface area (Å²) in [5, 5.41) is 2.56. The Labute approximate surface area is 143 Å². The van der Waals surface area contributed by atoms with Crippen LogP contribution < -0.4 is 0 Å². The van der Waals surface area contributed by atoms with Crippen molar-refractivity contribution < 1.29 is 0 Å². The van der Waals surface area contributed by atoms with Gasteiger partial charge in [0.1, 0.15) is 0 Å². The lowest BCUT2D eigenvalue weighted by molar-refractivity contribution is 1.47. The maximum absolute atomic E-state index is 2.28. The molecule has 0 unspecified atom stereocenters. The second-order valence-electron chi connectivity index (χ2n) is 6.51. The molecule has 0 aliphatic heterocycles. The van der Waals surface area contributed by atoms with E-state index in [-0.39, 0.29) is 0 Å². The van der Waals surface area contributed by atoms with Gasteiger partial charge in [-0.05, 0) is 59.0 Å². The zero-order valence-electron chi connectivity index (χ0n) is 14.1. The van der Waals surface area contributed by atoms with Gasteiger partial charge in [0.15, 0.2) is 0 Å². The van der Waals surface area contributed by atoms with Crippen LogP contribution in [0.1, 0.15) is 11.1 Å². The fourth-order valence-corrected chi connectivity index (χ4v) is 3.18. The van der Waals surface area contributed by atoms with Crippen molar-refractivity contribution in [2.45, 2.75) is 13.8 Å². The molecule has 0 saturated heterocycles. The van der Waals surface area contributed by atoms with E-state index in [9.17, 15) is 0 Å². The largest absolute Gasteiger partial charge is 0.0614 e. The molecular formula is C24H20. The number of fused-ring (bicyclic) bond motifs is 1. The van der Waals surface area contributed by atoms with Gasteiger partial charge in [0, 0.05) is 0 Å². The first-order chi connectivity index (χ1) is 11.7. The van der Waals surface area contributed by atoms with E-state index >= 15 is 0 Å². The number of rotatable bonds is 2. The summed E-state index contributed by atoms with van der Waals surface area (Å²) < 4.78 is 0. The Kier molecular flexibility index (Phi) is 3.66. The molecule has 0 fully saturated rings. The van der Waals surface area contributed by atoms with Gasteiger partial charge in [-0.15, -0.1) is 0 Å². The third kappa shape index (κ3) is 2.83. The van der Waals surface area contributed by atoms with Gasteiger partial charge < -0.3 is 0 Å². The van der Waals surface area contributed by atoms with Crippen LogP contribution in [0, 0.1) is 13.8 Å². The summed E-state index contributed by atoms with van der Waals surface area (Å²) in [6, 6.07) is 30.8. The van der Waals surface area contributed by atoms with Crippen LogP contribution in [0.15, 0.2) is 84.9 Å². The van der Waals surface area contributed by atoms with Crippen LogP contribution in [0.25, 0.3) is 33.0 Å². The average molecular weight is 308 g/mol. The highest BCUT2D eigenvalue weighted by Gasteiger charge is 2.03. The summed E-state index contributed by atoms with van der Waals surface area (Å²) in [7, 11) is 0. The van der Waals surface area contributed by atoms with E-state index in [4.69, 9.17) is 0 Å². The van der Waals surface area contributed by atoms with Gasteiger partial charge in [-0.3, -0.25) is 0 Å². The molecule has 4 aromatic carbocycles. The Morgan fingerprint density at radius 1 is 0.417 bits per heavy atom. The smallest absolute Gasteiger partial charge is 0.0177 e. The molecule has 24 heavy (non-hydrogen) atoms. The summed E-state index contributed by atoms with van der Waals surface area (Å²) in [5.41, 5.74) is 7.68. The number of benzene rings is 4. The van der Waals surface area contributed by atoms with Crippen molar-refractivity contribution in [3.63, 3.8) is 0 Å². The highest BCUT2D eigenvalue weighted by Crippen LogP contribution is 2.29. The summed E-state index contributed by atoms with van der Waals surface area (Å²) in [6.07, 6.45) is 0. The molecule has 0 aliphatic rings. The van der Waals surface area contributed by atoms with Gasteiger partial charge in [-0.1, -0.05) is 83.9 Å². The van der Waals surface area contributed by atoms with Gasteiger partial charge in [-0.2, -0.15) is 0 Å². The van der Waals surface area contributed by atoms with Crippen LogP contribution in [-0.4, -0.2) is 0 Å². The molecule has 0 heterocycles. The normalized spacial score (nSPS) is 10.9. The Hall–Kier alpha value is -2.86. The van der Waals surface area contributed by atoms with Crippen molar-refractivity contribution in [2.75, 3.05) is 0 Å². The molecule has 0 aliphatic carbocycles. The first-order valence-electron chi connectivity index (χ1n) is 8.37. The minimum absolute atomic E-state index is 1.27. The second kappa shape index (κ2) is 5.98. The van der Waals surface area contributed by atoms with Crippen LogP contribution in [0.3, 0.4) is 0 Å². The van der Waals surface area contributed by atoms with Crippen LogP contribution >= 0.6 is 0 Å². The van der Waals surface area contributed by atoms with E-state index in [0.717, 1.165) is 0 Å². The van der Waals surface area contributed by atoms with E-state index < -0.39 is 0 Å². The fourth-order valence-electron chi connectivity index (χ4n) is 3.18. The molecular weight excluding hydrogens is 288 g/mol. The van der Waals surface area contributed by atoms with Gasteiger partial charge in [0.2, 0.25) is 0 Å². The number of aryl methyl sites for hydroxylation is 2. The van der Waals surface area contributed by atoms with Crippen LogP contribution in [0.5, 0.6) is 0 Å². The van der Waals surface area contributed by atoms with Crippen molar-refractivity contribution in [3.05, 3.63) is 96.1 Å². The van der Waals surface area contributed by atoms with Crippen molar-refractivity contribution in [2.24, 2.45) is 0 Å². The van der Waals surface area contributed by atoms with Crippen molar-refractivity contribution in [3.8, 4) is 22.3 Å². The summed E-state index contributed by atoms with van der Waals surface area (Å²) in [4.78, 5) is 0. The SMILES string of the molecule is Cc1ccc(-c2ccc3cc(-c4cccc(C)c4)ccc3c2)cc1. The molecule has 0 saturated carbocycles. The van der Waals surface area contributed by atoms with Gasteiger partial charge in [0.05, 0.1) is 0 Å². The predicted octanol–water partition coefficient (Wildman–Crippen LogP) is 6.79. The van der Waals surface area contributed by atoms with E-state index in [0.29, 0.717) is 0 Å². The maximum atomic E-state index is 2.28. The number of hydrogen-bond donors (Lipinski definition) is 0. The Morgan fingerprint density at radius 3 is 1.58 bits per heavy atom. The van der Waals surface area contributed by atoms with Gasteiger partial charge in [0.25, 0.3) is 0 Å². The molecule has 0 atom stereocenters. The monoisotopic (exact) mass is 308 g/mol. The molecule has 0 spiro atoms. The third-order valence-electron chi connectivity index (χ3n) is 4.58. The topological polar surface area (TPSA) is 0 Å². The first-order valence-corrected chi connectivity index (χ1v) is 8.37. The molecule has 4 rings (SSSR count). The summed E-state index contributed by atoms with van der Waals surface area (Å²) in [6.45, 7) is 4.26. The second-order valence-corrected chi connectivity index (χ2v) is 6.51. The van der Waals surface area contributed by atoms with Crippen LogP contribution in [-0.2, 0) is 0 Å². The zero-order chi connectivity index (χ0) is 16.5. The van der Waals surface area contributed by atoms with Gasteiger partial charge in [-0.25, -0.2) is 0 Å². The molecule has 0 bridgehead atoms. The Morgan fingerprint density at radius 2 is 0.958 bits per heavy atom. The standard InChI is InChI=1S/C24H20/c1-17-6-8-19(9-7-17)21-10-11-24-16-22(12-13-23(24)15-21)20-5-3-4-18(2)14-20/h3-16H,1-2H3. The van der Waals surface area contributed by atoms with Gasteiger partial charge >= 0.3 is 0 Å². The van der Waals surface area contributed by atoms with Crippen molar-refractivity contribution >= 4 is 10.8 Å². The lowest BCUT2D eigenvalue weighted by Crippen LogP contribution is -1.83. The third-order valence-corrected chi connectivity index (χ3v) is 4.58. The minimum Gasteiger partial charge on any atom is -0.0614 e. The van der Waals surface area contributed by atoms with Crippen LogP contribution in [0.4, 0.5) is 0 Å². The fraction of sp³-hybridized carbons (Fsp3) is 0.0833. The maximum Gasteiger partial charge on any atom is -0.0177 e.